The lowest BCUT2D eigenvalue weighted by Crippen LogP contribution is -2.49. The van der Waals surface area contributed by atoms with Crippen LogP contribution in [0.1, 0.15) is 44.9 Å². The van der Waals surface area contributed by atoms with Crippen molar-refractivity contribution in [1.82, 2.24) is 35.0 Å². The molecule has 0 aliphatic carbocycles. The van der Waals surface area contributed by atoms with Crippen LogP contribution in [-0.4, -0.2) is 194 Å². The standard InChI is InChI=1S/C44H72N8O11/c1-3-4-9-38-49-42-43(36-7-5-6-8-37(36)48-44(42)45)52(38)19-16-50-14-17-51(18-15-50)41(55)11-10-40(54)47-13-21-57-23-25-59-27-29-61-31-33-63-35-34-62-32-30-60-28-26-58-24-22-56-20-12-39(53)46-2/h5-8H,3-4,9-35H2,1-2H3,(H2,45,48)(H,46,53)(H,47,54). The van der Waals surface area contributed by atoms with Gasteiger partial charge in [0, 0.05) is 83.9 Å². The first kappa shape index (κ1) is 51.6. The fourth-order valence-corrected chi connectivity index (χ4v) is 6.79. The summed E-state index contributed by atoms with van der Waals surface area (Å²) >= 11 is 0. The summed E-state index contributed by atoms with van der Waals surface area (Å²) in [5, 5.41) is 6.43. The van der Waals surface area contributed by atoms with Gasteiger partial charge >= 0.3 is 0 Å². The second-order valence-electron chi connectivity index (χ2n) is 14.9. The van der Waals surface area contributed by atoms with Crippen LogP contribution in [0.3, 0.4) is 0 Å². The first-order valence-corrected chi connectivity index (χ1v) is 22.5. The van der Waals surface area contributed by atoms with E-state index in [-0.39, 0.29) is 30.6 Å². The Bertz CT molecular complexity index is 1740. The second kappa shape index (κ2) is 31.7. The van der Waals surface area contributed by atoms with Crippen LogP contribution in [0.5, 0.6) is 0 Å². The summed E-state index contributed by atoms with van der Waals surface area (Å²) in [6, 6.07) is 8.07. The molecule has 0 radical (unpaired) electrons. The van der Waals surface area contributed by atoms with Gasteiger partial charge in [0.05, 0.1) is 117 Å². The van der Waals surface area contributed by atoms with Crippen LogP contribution in [0, 0.1) is 0 Å². The summed E-state index contributed by atoms with van der Waals surface area (Å²) in [5.41, 5.74) is 9.05. The van der Waals surface area contributed by atoms with Crippen molar-refractivity contribution in [2.45, 2.75) is 52.0 Å². The number of nitrogen functional groups attached to an aromatic ring is 1. The number of fused-ring (bicyclic) bond motifs is 3. The molecule has 3 heterocycles. The minimum atomic E-state index is -0.162. The number of pyridine rings is 1. The average molecular weight is 889 g/mol. The number of amides is 3. The van der Waals surface area contributed by atoms with Gasteiger partial charge in [-0.25, -0.2) is 9.97 Å². The molecule has 0 atom stereocenters. The quantitative estimate of drug-likeness (QED) is 0.0711. The van der Waals surface area contributed by atoms with Gasteiger partial charge in [-0.15, -0.1) is 0 Å². The van der Waals surface area contributed by atoms with E-state index >= 15 is 0 Å². The number of rotatable bonds is 36. The van der Waals surface area contributed by atoms with E-state index in [9.17, 15) is 14.4 Å². The van der Waals surface area contributed by atoms with Crippen LogP contribution in [-0.2, 0) is 65.2 Å². The summed E-state index contributed by atoms with van der Waals surface area (Å²) < 4.78 is 46.0. The molecule has 3 amide bonds. The Kier molecular flexibility index (Phi) is 26.0. The Morgan fingerprint density at radius 1 is 0.651 bits per heavy atom. The number of imidazole rings is 1. The highest BCUT2D eigenvalue weighted by Crippen LogP contribution is 2.29. The van der Waals surface area contributed by atoms with E-state index < -0.39 is 0 Å². The molecule has 1 aromatic carbocycles. The number of carbonyl (C=O) groups excluding carboxylic acids is 3. The number of nitrogens with zero attached hydrogens (tertiary/aromatic N) is 5. The SMILES string of the molecule is CCCCc1nc2c(N)nc3ccccc3c2n1CCN1CCN(C(=O)CCC(=O)NCCOCCOCCOCCOCCOCCOCCOCCOCCC(=O)NC)CC1. The number of anilines is 1. The number of hydrogen-bond donors (Lipinski definition) is 3. The molecular formula is C44H72N8O11. The molecule has 1 fully saturated rings. The first-order valence-electron chi connectivity index (χ1n) is 22.5. The number of nitrogens with two attached hydrogens (primary N) is 1. The number of benzene rings is 1. The molecule has 1 aliphatic rings. The molecule has 1 aliphatic heterocycles. The molecular weight excluding hydrogens is 817 g/mol. The number of hydrogen-bond acceptors (Lipinski definition) is 15. The van der Waals surface area contributed by atoms with Crippen LogP contribution in [0.4, 0.5) is 5.82 Å². The lowest BCUT2D eigenvalue weighted by molar-refractivity contribution is -0.135. The lowest BCUT2D eigenvalue weighted by Gasteiger charge is -2.35. The minimum Gasteiger partial charge on any atom is -0.382 e. The van der Waals surface area contributed by atoms with Gasteiger partial charge < -0.3 is 63.7 Å². The molecule has 0 bridgehead atoms. The maximum Gasteiger partial charge on any atom is 0.223 e. The largest absolute Gasteiger partial charge is 0.382 e. The fourth-order valence-electron chi connectivity index (χ4n) is 6.79. The number of carbonyl (C=O) groups is 3. The second-order valence-corrected chi connectivity index (χ2v) is 14.9. The monoisotopic (exact) mass is 889 g/mol. The molecule has 0 unspecified atom stereocenters. The molecule has 4 rings (SSSR count). The number of ether oxygens (including phenoxy) is 8. The summed E-state index contributed by atoms with van der Waals surface area (Å²) in [6.45, 7) is 14.1. The van der Waals surface area contributed by atoms with Gasteiger partial charge in [-0.2, -0.15) is 0 Å². The third-order valence-electron chi connectivity index (χ3n) is 10.3. The number of aromatic nitrogens is 3. The van der Waals surface area contributed by atoms with E-state index in [0.717, 1.165) is 73.2 Å². The highest BCUT2D eigenvalue weighted by Gasteiger charge is 2.23. The molecule has 3 aromatic rings. The van der Waals surface area contributed by atoms with E-state index in [1.165, 1.54) is 0 Å². The van der Waals surface area contributed by atoms with Crippen molar-refractivity contribution in [3.63, 3.8) is 0 Å². The molecule has 2 aromatic heterocycles. The highest BCUT2D eigenvalue weighted by molar-refractivity contribution is 6.06. The number of piperazine rings is 1. The van der Waals surface area contributed by atoms with Crippen molar-refractivity contribution in [2.75, 3.05) is 158 Å². The normalized spacial score (nSPS) is 13.3. The molecule has 19 nitrogen and oxygen atoms in total. The fraction of sp³-hybridized carbons (Fsp3) is 0.705. The number of aryl methyl sites for hydroxylation is 1. The minimum absolute atomic E-state index is 0.00491. The van der Waals surface area contributed by atoms with Crippen LogP contribution >= 0.6 is 0 Å². The number of unbranched alkanes of at least 4 members (excludes halogenated alkanes) is 1. The average Bonchev–Trinajstić information content (AvgIpc) is 3.68. The first-order chi connectivity index (χ1) is 30.9. The zero-order valence-electron chi connectivity index (χ0n) is 37.6. The number of nitrogens with one attached hydrogen (secondary N) is 2. The van der Waals surface area contributed by atoms with Crippen LogP contribution in [0.15, 0.2) is 24.3 Å². The Morgan fingerprint density at radius 3 is 1.75 bits per heavy atom. The Morgan fingerprint density at radius 2 is 1.19 bits per heavy atom. The van der Waals surface area contributed by atoms with E-state index in [4.69, 9.17) is 48.6 Å². The molecule has 354 valence electrons. The van der Waals surface area contributed by atoms with Crippen molar-refractivity contribution in [2.24, 2.45) is 0 Å². The highest BCUT2D eigenvalue weighted by atomic mass is 16.6. The van der Waals surface area contributed by atoms with Crippen LogP contribution < -0.4 is 16.4 Å². The maximum absolute atomic E-state index is 12.9. The van der Waals surface area contributed by atoms with Crippen LogP contribution in [0.2, 0.25) is 0 Å². The zero-order valence-corrected chi connectivity index (χ0v) is 37.6. The smallest absolute Gasteiger partial charge is 0.223 e. The van der Waals surface area contributed by atoms with Gasteiger partial charge in [-0.05, 0) is 12.5 Å². The van der Waals surface area contributed by atoms with Crippen LogP contribution in [0.25, 0.3) is 21.9 Å². The lowest BCUT2D eigenvalue weighted by atomic mass is 10.2. The summed E-state index contributed by atoms with van der Waals surface area (Å²) in [7, 11) is 1.60. The van der Waals surface area contributed by atoms with Gasteiger partial charge in [0.15, 0.2) is 5.82 Å². The van der Waals surface area contributed by atoms with Crippen molar-refractivity contribution >= 4 is 45.5 Å². The van der Waals surface area contributed by atoms with E-state index in [2.05, 4.69) is 38.1 Å². The molecule has 4 N–H and O–H groups in total. The van der Waals surface area contributed by atoms with E-state index in [1.807, 2.05) is 23.1 Å². The van der Waals surface area contributed by atoms with Crippen molar-refractivity contribution < 1.29 is 52.3 Å². The van der Waals surface area contributed by atoms with Crippen molar-refractivity contribution in [3.05, 3.63) is 30.1 Å². The summed E-state index contributed by atoms with van der Waals surface area (Å²) in [4.78, 5) is 50.2. The van der Waals surface area contributed by atoms with E-state index in [1.54, 1.807) is 7.05 Å². The Balaban J connectivity index is 0.901. The maximum atomic E-state index is 12.9. The molecule has 0 saturated carbocycles. The predicted octanol–water partition coefficient (Wildman–Crippen LogP) is 1.82. The Labute approximate surface area is 371 Å². The van der Waals surface area contributed by atoms with Gasteiger partial charge in [-0.1, -0.05) is 31.5 Å². The molecule has 63 heavy (non-hydrogen) atoms. The summed E-state index contributed by atoms with van der Waals surface area (Å²) in [6.07, 6.45) is 3.69. The van der Waals surface area contributed by atoms with Crippen molar-refractivity contribution in [1.29, 1.82) is 0 Å². The van der Waals surface area contributed by atoms with Gasteiger partial charge in [0.1, 0.15) is 11.3 Å². The third-order valence-corrected chi connectivity index (χ3v) is 10.3. The topological polar surface area (TPSA) is 212 Å². The molecule has 1 saturated heterocycles. The third kappa shape index (κ3) is 20.1. The van der Waals surface area contributed by atoms with Crippen molar-refractivity contribution in [3.8, 4) is 0 Å². The predicted molar refractivity (Wildman–Crippen MR) is 239 cm³/mol. The molecule has 0 spiro atoms. The Hall–Kier alpha value is -4.05. The molecule has 19 heteroatoms. The van der Waals surface area contributed by atoms with E-state index in [0.29, 0.717) is 138 Å². The summed E-state index contributed by atoms with van der Waals surface area (Å²) in [5.74, 6) is 1.30. The van der Waals surface area contributed by atoms with Gasteiger partial charge in [0.25, 0.3) is 0 Å². The number of para-hydroxylation sites is 1. The van der Waals surface area contributed by atoms with Gasteiger partial charge in [0.2, 0.25) is 17.7 Å². The zero-order chi connectivity index (χ0) is 44.7. The van der Waals surface area contributed by atoms with Gasteiger partial charge in [-0.3, -0.25) is 19.3 Å².